The number of phenolic OH excluding ortho intramolecular Hbond substituents is 1. The van der Waals surface area contributed by atoms with E-state index in [2.05, 4.69) is 21.4 Å². The lowest BCUT2D eigenvalue weighted by Gasteiger charge is -2.56. The number of aliphatic hydroxyl groups is 4. The summed E-state index contributed by atoms with van der Waals surface area (Å²) in [6, 6.07) is -2.22. The molecule has 0 saturated carbocycles. The van der Waals surface area contributed by atoms with Gasteiger partial charge in [0.25, 0.3) is 5.91 Å². The zero-order valence-corrected chi connectivity index (χ0v) is 48.2. The molecule has 17 atom stereocenters. The summed E-state index contributed by atoms with van der Waals surface area (Å²) in [4.78, 5) is 82.1. The van der Waals surface area contributed by atoms with E-state index in [1.165, 1.54) is 19.9 Å². The number of nitrogens with one attached hydrogen (secondary N) is 4. The quantitative estimate of drug-likeness (QED) is 0.0755. The molecule has 4 heterocycles. The number of rotatable bonds is 15. The van der Waals surface area contributed by atoms with Gasteiger partial charge in [-0.3, -0.25) is 29.0 Å². The summed E-state index contributed by atoms with van der Waals surface area (Å²) in [5, 5.41) is 65.4. The standard InChI is InChI=1S/C60H89F2N5O13/c1-11-41-27-35(6)60(65-55(41)74)39(10)53(72)38(9)50(80-60)31-47(70)33(4)19-14-12-15-20-34(5)49-23-17-13-16-22-46(69)37(8)54(73)42(25-24-36(7)68)56(75)64-52(32(2)3)57(76)63-45(29-40-28-43(61)51(62)48(71)30-40)58(77)67-26-18-21-44(66-67)59(78)79-49/h12-13,15-17,20,22,28,30,32-33,35,37-39,41-42,44-47,49-50,52-54,66,69-73H,11,14,18-19,21,23-27,29,31H2,1-10H3,(H,63,76)(H,64,75)(H,65,74)/b15-12-,17-13+,22-16+,34-20+/t33-,35-,37-,38-,39-,41-,42+,44?,45-,46-,47-,49-,50+,52-,53-,54+,60+/m0/s1. The Morgan fingerprint density at radius 2 is 1.66 bits per heavy atom. The number of benzene rings is 1. The van der Waals surface area contributed by atoms with E-state index in [0.717, 1.165) is 17.1 Å². The second-order valence-corrected chi connectivity index (χ2v) is 23.4. The number of Topliss-reactive ketones (excluding diaryl/α,β-unsaturated/α-hetero) is 1. The zero-order valence-electron chi connectivity index (χ0n) is 48.2. The monoisotopic (exact) mass is 1130 g/mol. The molecule has 1 unspecified atom stereocenters. The Bertz CT molecular complexity index is 2430. The van der Waals surface area contributed by atoms with E-state index in [0.29, 0.717) is 37.7 Å². The van der Waals surface area contributed by atoms with Gasteiger partial charge in [0.15, 0.2) is 17.4 Å². The van der Waals surface area contributed by atoms with Crippen LogP contribution in [0.3, 0.4) is 0 Å². The lowest BCUT2D eigenvalue weighted by Crippen LogP contribution is -2.71. The summed E-state index contributed by atoms with van der Waals surface area (Å²) < 4.78 is 41.7. The van der Waals surface area contributed by atoms with Crippen LogP contribution in [0.1, 0.15) is 139 Å². The number of ketones is 1. The van der Waals surface area contributed by atoms with Crippen LogP contribution in [-0.4, -0.2) is 133 Å². The van der Waals surface area contributed by atoms with E-state index in [1.54, 1.807) is 45.1 Å². The molecule has 3 saturated heterocycles. The maximum Gasteiger partial charge on any atom is 0.325 e. The van der Waals surface area contributed by atoms with E-state index in [1.807, 2.05) is 46.8 Å². The summed E-state index contributed by atoms with van der Waals surface area (Å²) >= 11 is 0. The number of hydrogen-bond acceptors (Lipinski definition) is 14. The summed E-state index contributed by atoms with van der Waals surface area (Å²) in [6.45, 7) is 17.8. The van der Waals surface area contributed by atoms with Crippen molar-refractivity contribution in [3.63, 3.8) is 0 Å². The molecular weight excluding hydrogens is 1040 g/mol. The van der Waals surface area contributed by atoms with Crippen LogP contribution < -0.4 is 21.4 Å². The number of allylic oxidation sites excluding steroid dienone is 5. The van der Waals surface area contributed by atoms with Crippen molar-refractivity contribution in [3.8, 4) is 5.75 Å². The van der Waals surface area contributed by atoms with Crippen molar-refractivity contribution in [1.29, 1.82) is 0 Å². The summed E-state index contributed by atoms with van der Waals surface area (Å²) in [5.74, 6) is -11.2. The van der Waals surface area contributed by atoms with Gasteiger partial charge in [0.2, 0.25) is 17.7 Å². The van der Waals surface area contributed by atoms with Gasteiger partial charge in [0.05, 0.1) is 36.4 Å². The largest absolute Gasteiger partial charge is 0.505 e. The van der Waals surface area contributed by atoms with Crippen molar-refractivity contribution >= 4 is 35.4 Å². The number of piperidine rings is 1. The highest BCUT2D eigenvalue weighted by atomic mass is 19.2. The van der Waals surface area contributed by atoms with Crippen LogP contribution in [0.25, 0.3) is 0 Å². The number of cyclic esters (lactones) is 1. The number of aliphatic hydroxyl groups excluding tert-OH is 4. The third kappa shape index (κ3) is 16.6. The third-order valence-electron chi connectivity index (χ3n) is 17.0. The number of hydrogen-bond donors (Lipinski definition) is 9. The highest BCUT2D eigenvalue weighted by Gasteiger charge is 2.57. The molecule has 1 aromatic rings. The number of fused-ring (bicyclic) bond motifs is 2. The number of ether oxygens (including phenoxy) is 2. The van der Waals surface area contributed by atoms with Gasteiger partial charge in [-0.05, 0) is 93.9 Å². The van der Waals surface area contributed by atoms with Crippen molar-refractivity contribution in [1.82, 2.24) is 26.4 Å². The minimum atomic E-state index is -1.53. The van der Waals surface area contributed by atoms with Gasteiger partial charge < -0.3 is 55.8 Å². The van der Waals surface area contributed by atoms with Crippen LogP contribution in [-0.2, 0) is 44.7 Å². The fraction of sp³-hybridized carbons (Fsp3) is 0.667. The first-order valence-electron chi connectivity index (χ1n) is 28.6. The Kier molecular flexibility index (Phi) is 24.2. The maximum atomic E-state index is 14.6. The Hall–Kier alpha value is -5.38. The van der Waals surface area contributed by atoms with Crippen LogP contribution in [0.2, 0.25) is 0 Å². The fourth-order valence-corrected chi connectivity index (χ4v) is 11.4. The van der Waals surface area contributed by atoms with Crippen molar-refractivity contribution in [3.05, 3.63) is 77.4 Å². The Morgan fingerprint density at radius 3 is 2.33 bits per heavy atom. The normalized spacial score (nSPS) is 34.4. The number of amides is 4. The van der Waals surface area contributed by atoms with Crippen molar-refractivity contribution in [2.45, 2.75) is 200 Å². The lowest BCUT2D eigenvalue weighted by molar-refractivity contribution is -0.267. The van der Waals surface area contributed by atoms with Gasteiger partial charge in [-0.25, -0.2) is 9.82 Å². The van der Waals surface area contributed by atoms with E-state index < -0.39 is 126 Å². The molecule has 446 valence electrons. The molecule has 0 radical (unpaired) electrons. The number of phenols is 1. The minimum absolute atomic E-state index is 0.0434. The molecule has 80 heavy (non-hydrogen) atoms. The van der Waals surface area contributed by atoms with E-state index >= 15 is 0 Å². The summed E-state index contributed by atoms with van der Waals surface area (Å²) in [7, 11) is 0. The number of esters is 1. The molecular formula is C60H89F2N5O13. The molecule has 18 nitrogen and oxygen atoms in total. The Morgan fingerprint density at radius 1 is 0.950 bits per heavy atom. The zero-order chi connectivity index (χ0) is 59.3. The molecule has 9 N–H and O–H groups in total. The third-order valence-corrected chi connectivity index (χ3v) is 17.0. The van der Waals surface area contributed by atoms with Crippen molar-refractivity contribution in [2.75, 3.05) is 6.54 Å². The molecule has 2 bridgehead atoms. The molecule has 4 amide bonds. The van der Waals surface area contributed by atoms with Gasteiger partial charge >= 0.3 is 5.97 Å². The van der Waals surface area contributed by atoms with Crippen LogP contribution in [0.4, 0.5) is 8.78 Å². The first kappa shape index (κ1) is 65.4. The smallest absolute Gasteiger partial charge is 0.325 e. The molecule has 1 spiro atoms. The van der Waals surface area contributed by atoms with E-state index in [-0.39, 0.29) is 85.5 Å². The van der Waals surface area contributed by atoms with Gasteiger partial charge in [-0.2, -0.15) is 4.39 Å². The van der Waals surface area contributed by atoms with E-state index in [4.69, 9.17) is 9.47 Å². The van der Waals surface area contributed by atoms with Crippen molar-refractivity contribution < 1.29 is 72.6 Å². The van der Waals surface area contributed by atoms with Crippen LogP contribution in [0.15, 0.2) is 60.2 Å². The predicted octanol–water partition coefficient (Wildman–Crippen LogP) is 5.69. The molecule has 5 rings (SSSR count). The summed E-state index contributed by atoms with van der Waals surface area (Å²) in [5.41, 5.74) is 2.49. The van der Waals surface area contributed by atoms with Gasteiger partial charge in [-0.1, -0.05) is 97.9 Å². The average molecular weight is 1130 g/mol. The average Bonchev–Trinajstić information content (AvgIpc) is 3.56. The molecule has 4 aliphatic rings. The fourth-order valence-electron chi connectivity index (χ4n) is 11.4. The first-order chi connectivity index (χ1) is 37.7. The molecule has 0 aliphatic carbocycles. The Labute approximate surface area is 470 Å². The SMILES string of the molecule is CC[C@H]1C[C@H](C)[C@@]2(NC1=O)O[C@H](C[C@H](O)[C@@H](C)CC/C=C\C=C(/C)[C@@H]1C/C=C/C=C/[C@H](O)[C@H](C)[C@@H](O)[C@@H](CCC(C)=O)C(=O)N[C@@H](C(C)C)C(=O)N[C@@H](Cc3cc(O)c(F)c(F)c3)C(=O)N3CCCC(N3)C(=O)O1)[C@H](C)[C@H](O)[C@@H]2C. The van der Waals surface area contributed by atoms with Crippen LogP contribution in [0, 0.1) is 59.0 Å². The highest BCUT2D eigenvalue weighted by molar-refractivity contribution is 5.93. The number of halogens is 2. The highest BCUT2D eigenvalue weighted by Crippen LogP contribution is 2.46. The Balaban J connectivity index is 1.37. The molecule has 0 aromatic heterocycles. The van der Waals surface area contributed by atoms with Crippen LogP contribution in [0.5, 0.6) is 5.75 Å². The lowest BCUT2D eigenvalue weighted by atomic mass is 9.69. The summed E-state index contributed by atoms with van der Waals surface area (Å²) in [6.07, 6.45) is 9.15. The predicted molar refractivity (Wildman–Crippen MR) is 295 cm³/mol. The number of nitrogens with zero attached hydrogens (tertiary/aromatic N) is 1. The molecule has 3 fully saturated rings. The van der Waals surface area contributed by atoms with E-state index in [9.17, 15) is 63.1 Å². The van der Waals surface area contributed by atoms with Gasteiger partial charge in [0, 0.05) is 61.8 Å². The second kappa shape index (κ2) is 29.6. The minimum Gasteiger partial charge on any atom is -0.505 e. The van der Waals surface area contributed by atoms with Gasteiger partial charge in [0.1, 0.15) is 35.7 Å². The molecule has 20 heteroatoms. The van der Waals surface area contributed by atoms with Crippen LogP contribution >= 0.6 is 0 Å². The number of carbonyl (C=O) groups is 6. The molecule has 4 aliphatic heterocycles. The topological polar surface area (TPSA) is 273 Å². The van der Waals surface area contributed by atoms with Crippen molar-refractivity contribution in [2.24, 2.45) is 47.3 Å². The molecule has 1 aromatic carbocycles. The number of aromatic hydroxyl groups is 1. The maximum absolute atomic E-state index is 14.6. The van der Waals surface area contributed by atoms with Gasteiger partial charge in [-0.15, -0.1) is 0 Å². The number of hydrazine groups is 1. The second-order valence-electron chi connectivity index (χ2n) is 23.4. The number of carbonyl (C=O) groups excluding carboxylic acids is 6. The first-order valence-corrected chi connectivity index (χ1v) is 28.6.